The summed E-state index contributed by atoms with van der Waals surface area (Å²) in [6.07, 6.45) is 0. The highest BCUT2D eigenvalue weighted by molar-refractivity contribution is 6.94. The third-order valence-electron chi connectivity index (χ3n) is 5.74. The minimum Gasteiger partial charge on any atom is -0.398 e. The average molecular weight is 705 g/mol. The predicted octanol–water partition coefficient (Wildman–Crippen LogP) is 2.34. The van der Waals surface area contributed by atoms with Crippen LogP contribution >= 0.6 is 0 Å². The molecule has 0 saturated carbocycles. The molecule has 0 aromatic carbocycles. The molecule has 0 bridgehead atoms. The smallest absolute Gasteiger partial charge is 0.398 e. The van der Waals surface area contributed by atoms with Crippen molar-refractivity contribution in [3.05, 3.63) is 0 Å². The first-order valence-electron chi connectivity index (χ1n) is 12.1. The van der Waals surface area contributed by atoms with Crippen molar-refractivity contribution in [3.63, 3.8) is 0 Å². The lowest BCUT2D eigenvalue weighted by molar-refractivity contribution is 0.0431. The van der Waals surface area contributed by atoms with Gasteiger partial charge in [-0.1, -0.05) is 0 Å². The van der Waals surface area contributed by atoms with Gasteiger partial charge in [-0.2, -0.15) is 0 Å². The van der Waals surface area contributed by atoms with E-state index in [1.54, 1.807) is 52.9 Å². The van der Waals surface area contributed by atoms with Crippen LogP contribution in [-0.4, -0.2) is 120 Å². The van der Waals surface area contributed by atoms with Crippen LogP contribution in [0.5, 0.6) is 0 Å². The Morgan fingerprint density at radius 2 is 0.564 bits per heavy atom. The summed E-state index contributed by atoms with van der Waals surface area (Å²) in [6.45, 7) is 15.6. The van der Waals surface area contributed by atoms with Gasteiger partial charge >= 0.3 is 70.2 Å². The molecule has 23 heteroatoms. The van der Waals surface area contributed by atoms with E-state index in [1.807, 2.05) is 13.1 Å². The fourth-order valence-electron chi connectivity index (χ4n) is 3.60. The van der Waals surface area contributed by atoms with Gasteiger partial charge < -0.3 is 63.9 Å². The quantitative estimate of drug-likeness (QED) is 0.230. The highest BCUT2D eigenvalue weighted by Crippen LogP contribution is 2.37. The maximum atomic E-state index is 6.67. The van der Waals surface area contributed by atoms with E-state index in [1.165, 1.54) is 42.7 Å². The van der Waals surface area contributed by atoms with Gasteiger partial charge in [-0.05, 0) is 13.1 Å². The summed E-state index contributed by atoms with van der Waals surface area (Å²) in [5.74, 6) is 0. The van der Waals surface area contributed by atoms with Gasteiger partial charge in [-0.25, -0.2) is 0 Å². The summed E-state index contributed by atoms with van der Waals surface area (Å²) in [5, 5.41) is 0. The third-order valence-corrected chi connectivity index (χ3v) is 35.4. The lowest BCUT2D eigenvalue weighted by atomic mass is 11.8. The second kappa shape index (κ2) is 13.8. The Labute approximate surface area is 242 Å². The molecule has 39 heavy (non-hydrogen) atoms. The number of hydrogen-bond acceptors (Lipinski definition) is 15. The van der Waals surface area contributed by atoms with Gasteiger partial charge in [0.05, 0.1) is 0 Å². The minimum atomic E-state index is -3.84. The van der Waals surface area contributed by atoms with E-state index < -0.39 is 70.2 Å². The SMILES string of the molecule is CO[Si](C)(C)O[Si]1(C)O[Si](C)(O[Si](C)(OC)OC)O[Si](C)(O[Si](C)(OC)OC)O[Si](C)(O[Si](C)(OC)OC)O1. The average Bonchev–Trinajstić information content (AvgIpc) is 2.81. The number of hydrogen-bond donors (Lipinski definition) is 0. The van der Waals surface area contributed by atoms with E-state index in [0.717, 1.165) is 0 Å². The molecule has 0 aromatic rings. The Morgan fingerprint density at radius 1 is 0.359 bits per heavy atom. The van der Waals surface area contributed by atoms with Crippen molar-refractivity contribution >= 4 is 70.2 Å². The molecular formula is C16H48O15Si8. The van der Waals surface area contributed by atoms with Crippen LogP contribution in [0.3, 0.4) is 0 Å². The molecule has 1 rings (SSSR count). The Kier molecular flexibility index (Phi) is 13.5. The van der Waals surface area contributed by atoms with Gasteiger partial charge in [0, 0.05) is 95.6 Å². The summed E-state index contributed by atoms with van der Waals surface area (Å²) in [4.78, 5) is 0. The highest BCUT2D eigenvalue weighted by atomic mass is 28.6. The Bertz CT molecular complexity index is 749. The topological polar surface area (TPSA) is 138 Å². The first-order chi connectivity index (χ1) is 17.6. The standard InChI is InChI=1S/C16H48O15Si8/c1-17-32(8,9)24-36(13)28-37(14,25-33(10,18-2)19-3)30-39(16,27-35(12,22-6)23-7)31-38(15,29-36)26-34(11,20-4)21-5/h1-16H3. The van der Waals surface area contributed by atoms with Crippen LogP contribution in [0.2, 0.25) is 58.9 Å². The van der Waals surface area contributed by atoms with Crippen LogP contribution in [0.1, 0.15) is 0 Å². The monoisotopic (exact) mass is 704 g/mol. The van der Waals surface area contributed by atoms with Gasteiger partial charge in [0.15, 0.2) is 0 Å². The maximum Gasteiger partial charge on any atom is 0.489 e. The zero-order valence-electron chi connectivity index (χ0n) is 26.1. The second-order valence-electron chi connectivity index (χ2n) is 9.68. The van der Waals surface area contributed by atoms with E-state index in [0.29, 0.717) is 0 Å². The van der Waals surface area contributed by atoms with Crippen molar-refractivity contribution in [3.8, 4) is 0 Å². The first kappa shape index (κ1) is 38.2. The molecule has 0 radical (unpaired) electrons. The van der Waals surface area contributed by atoms with Crippen LogP contribution in [0, 0.1) is 0 Å². The van der Waals surface area contributed by atoms with Gasteiger partial charge in [-0.15, -0.1) is 0 Å². The molecule has 0 N–H and O–H groups in total. The summed E-state index contributed by atoms with van der Waals surface area (Å²) in [7, 11) is -17.2. The van der Waals surface area contributed by atoms with Crippen molar-refractivity contribution in [1.82, 2.24) is 0 Å². The van der Waals surface area contributed by atoms with Crippen LogP contribution in [0.25, 0.3) is 0 Å². The normalized spacial score (nSPS) is 31.7. The van der Waals surface area contributed by atoms with Crippen LogP contribution in [-0.2, 0) is 63.9 Å². The zero-order chi connectivity index (χ0) is 30.6. The van der Waals surface area contributed by atoms with E-state index in [2.05, 4.69) is 0 Å². The van der Waals surface area contributed by atoms with Crippen molar-refractivity contribution < 1.29 is 63.9 Å². The van der Waals surface area contributed by atoms with Gasteiger partial charge in [0.25, 0.3) is 0 Å². The van der Waals surface area contributed by atoms with E-state index >= 15 is 0 Å². The molecule has 0 aromatic heterocycles. The molecule has 0 amide bonds. The lowest BCUT2D eigenvalue weighted by Gasteiger charge is -2.50. The summed E-state index contributed by atoms with van der Waals surface area (Å²) in [6, 6.07) is 0. The summed E-state index contributed by atoms with van der Waals surface area (Å²) in [5.41, 5.74) is 0. The lowest BCUT2D eigenvalue weighted by Crippen LogP contribution is -2.75. The van der Waals surface area contributed by atoms with E-state index in [4.69, 9.17) is 63.9 Å². The van der Waals surface area contributed by atoms with Gasteiger partial charge in [-0.3, -0.25) is 0 Å². The Morgan fingerprint density at radius 3 is 0.744 bits per heavy atom. The summed E-state index contributed by atoms with van der Waals surface area (Å²) >= 11 is 0. The molecule has 1 aliphatic rings. The van der Waals surface area contributed by atoms with Crippen LogP contribution in [0.15, 0.2) is 0 Å². The van der Waals surface area contributed by atoms with E-state index in [-0.39, 0.29) is 0 Å². The van der Waals surface area contributed by atoms with Crippen LogP contribution < -0.4 is 0 Å². The molecule has 234 valence electrons. The Balaban J connectivity index is 3.83. The second-order valence-corrected chi connectivity index (χ2v) is 33.9. The molecule has 1 heterocycles. The molecule has 0 spiro atoms. The molecule has 0 aliphatic carbocycles. The zero-order valence-corrected chi connectivity index (χ0v) is 34.1. The first-order valence-corrected chi connectivity index (χ1v) is 30.4. The molecule has 1 fully saturated rings. The fraction of sp³-hybridized carbons (Fsp3) is 1.00. The molecule has 15 nitrogen and oxygen atoms in total. The van der Waals surface area contributed by atoms with Gasteiger partial charge in [0.2, 0.25) is 0 Å². The Hall–Kier alpha value is 1.14. The summed E-state index contributed by atoms with van der Waals surface area (Å²) < 4.78 is 91.7. The molecule has 1 saturated heterocycles. The fourth-order valence-corrected chi connectivity index (χ4v) is 35.4. The van der Waals surface area contributed by atoms with Crippen molar-refractivity contribution in [2.75, 3.05) is 49.8 Å². The third kappa shape index (κ3) is 11.0. The van der Waals surface area contributed by atoms with Crippen molar-refractivity contribution in [2.24, 2.45) is 0 Å². The van der Waals surface area contributed by atoms with E-state index in [9.17, 15) is 0 Å². The van der Waals surface area contributed by atoms with Gasteiger partial charge in [0.1, 0.15) is 0 Å². The minimum absolute atomic E-state index is 1.48. The molecule has 2 unspecified atom stereocenters. The maximum absolute atomic E-state index is 6.67. The molecular weight excluding hydrogens is 657 g/mol. The largest absolute Gasteiger partial charge is 0.489 e. The molecule has 1 aliphatic heterocycles. The predicted molar refractivity (Wildman–Crippen MR) is 157 cm³/mol. The highest BCUT2D eigenvalue weighted by Gasteiger charge is 2.67. The van der Waals surface area contributed by atoms with Crippen molar-refractivity contribution in [2.45, 2.75) is 58.9 Å². The molecule has 2 atom stereocenters. The van der Waals surface area contributed by atoms with Crippen molar-refractivity contribution in [1.29, 1.82) is 0 Å². The number of rotatable bonds is 15. The van der Waals surface area contributed by atoms with Crippen LogP contribution in [0.4, 0.5) is 0 Å².